The third kappa shape index (κ3) is 4.29. The summed E-state index contributed by atoms with van der Waals surface area (Å²) in [4.78, 5) is 0. The first-order valence-electron chi connectivity index (χ1n) is 5.60. The lowest BCUT2D eigenvalue weighted by Crippen LogP contribution is -2.20. The number of hydrogen-bond donors (Lipinski definition) is 1. The van der Waals surface area contributed by atoms with Crippen molar-refractivity contribution in [3.05, 3.63) is 5.82 Å². The Morgan fingerprint density at radius 2 is 2.12 bits per heavy atom. The van der Waals surface area contributed by atoms with Gasteiger partial charge in [0.1, 0.15) is 0 Å². The van der Waals surface area contributed by atoms with Gasteiger partial charge >= 0.3 is 6.18 Å². The van der Waals surface area contributed by atoms with Crippen LogP contribution in [-0.4, -0.2) is 32.4 Å². The van der Waals surface area contributed by atoms with Crippen molar-refractivity contribution in [3.8, 4) is 0 Å². The number of nitrogens with zero attached hydrogens (tertiary/aromatic N) is 4. The summed E-state index contributed by atoms with van der Waals surface area (Å²) in [5, 5.41) is 14.2. The van der Waals surface area contributed by atoms with E-state index >= 15 is 0 Å². The van der Waals surface area contributed by atoms with E-state index in [-0.39, 0.29) is 13.0 Å². The van der Waals surface area contributed by atoms with Crippen LogP contribution >= 0.6 is 0 Å². The minimum absolute atomic E-state index is 0.00493. The van der Waals surface area contributed by atoms with Gasteiger partial charge < -0.3 is 5.32 Å². The molecule has 0 aliphatic heterocycles. The molecule has 0 spiro atoms. The predicted octanol–water partition coefficient (Wildman–Crippen LogP) is 1.27. The molecule has 1 aromatic rings. The molecule has 0 aromatic carbocycles. The van der Waals surface area contributed by atoms with E-state index < -0.39 is 12.6 Å². The van der Waals surface area contributed by atoms with Crippen LogP contribution in [-0.2, 0) is 13.1 Å². The molecule has 8 heteroatoms. The minimum atomic E-state index is -4.11. The molecule has 1 aliphatic rings. The fourth-order valence-electron chi connectivity index (χ4n) is 1.48. The monoisotopic (exact) mass is 249 g/mol. The van der Waals surface area contributed by atoms with Crippen molar-refractivity contribution < 1.29 is 13.2 Å². The number of aryl methyl sites for hydroxylation is 1. The highest BCUT2D eigenvalue weighted by Crippen LogP contribution is 2.22. The summed E-state index contributed by atoms with van der Waals surface area (Å²) >= 11 is 0. The summed E-state index contributed by atoms with van der Waals surface area (Å²) in [6.45, 7) is 0.720. The molecular weight excluding hydrogens is 235 g/mol. The lowest BCUT2D eigenvalue weighted by atomic mass is 10.3. The second-order valence-electron chi connectivity index (χ2n) is 4.19. The van der Waals surface area contributed by atoms with E-state index in [2.05, 4.69) is 20.8 Å². The zero-order valence-corrected chi connectivity index (χ0v) is 9.24. The van der Waals surface area contributed by atoms with Crippen LogP contribution in [0.15, 0.2) is 0 Å². The maximum absolute atomic E-state index is 12.0. The Balaban J connectivity index is 1.76. The minimum Gasteiger partial charge on any atom is -0.307 e. The smallest absolute Gasteiger partial charge is 0.307 e. The molecule has 1 aliphatic carbocycles. The highest BCUT2D eigenvalue weighted by molar-refractivity contribution is 4.86. The molecule has 5 nitrogen and oxygen atoms in total. The second kappa shape index (κ2) is 4.99. The number of tetrazole rings is 1. The van der Waals surface area contributed by atoms with Gasteiger partial charge in [0.25, 0.3) is 0 Å². The van der Waals surface area contributed by atoms with Gasteiger partial charge in [-0.2, -0.15) is 13.2 Å². The van der Waals surface area contributed by atoms with Gasteiger partial charge in [0.05, 0.1) is 6.54 Å². The van der Waals surface area contributed by atoms with Crippen molar-refractivity contribution in [1.82, 2.24) is 25.5 Å². The number of nitrogens with one attached hydrogen (secondary N) is 1. The van der Waals surface area contributed by atoms with E-state index in [0.717, 1.165) is 12.8 Å². The molecule has 2 rings (SSSR count). The lowest BCUT2D eigenvalue weighted by Gasteiger charge is -2.07. The van der Waals surface area contributed by atoms with Crippen LogP contribution in [0.4, 0.5) is 13.2 Å². The molecular formula is C9H14F3N5. The average molecular weight is 249 g/mol. The maximum Gasteiger partial charge on any atom is 0.389 e. The first-order valence-corrected chi connectivity index (χ1v) is 5.60. The molecule has 1 heterocycles. The molecule has 1 fully saturated rings. The SMILES string of the molecule is FC(F)(F)CCCn1nnnc1CNC1CC1. The van der Waals surface area contributed by atoms with Crippen molar-refractivity contribution in [3.63, 3.8) is 0 Å². The topological polar surface area (TPSA) is 55.6 Å². The Kier molecular flexibility index (Phi) is 3.60. The van der Waals surface area contributed by atoms with Gasteiger partial charge in [-0.1, -0.05) is 0 Å². The summed E-state index contributed by atoms with van der Waals surface area (Å²) in [6, 6.07) is 0.523. The van der Waals surface area contributed by atoms with Crippen molar-refractivity contribution >= 4 is 0 Å². The Hall–Kier alpha value is -1.18. The Labute approximate surface area is 96.4 Å². The largest absolute Gasteiger partial charge is 0.389 e. The summed E-state index contributed by atoms with van der Waals surface area (Å²) in [5.41, 5.74) is 0. The van der Waals surface area contributed by atoms with Gasteiger partial charge in [-0.3, -0.25) is 0 Å². The van der Waals surface area contributed by atoms with Crippen LogP contribution in [0.5, 0.6) is 0 Å². The van der Waals surface area contributed by atoms with Crippen LogP contribution < -0.4 is 5.32 Å². The van der Waals surface area contributed by atoms with Crippen molar-refractivity contribution in [2.24, 2.45) is 0 Å². The highest BCUT2D eigenvalue weighted by Gasteiger charge is 2.26. The Morgan fingerprint density at radius 3 is 2.76 bits per heavy atom. The third-order valence-electron chi connectivity index (χ3n) is 2.56. The van der Waals surface area contributed by atoms with E-state index in [4.69, 9.17) is 0 Å². The summed E-state index contributed by atoms with van der Waals surface area (Å²) in [6.07, 6.45) is -2.61. The quantitative estimate of drug-likeness (QED) is 0.824. The van der Waals surface area contributed by atoms with E-state index in [1.54, 1.807) is 0 Å². The van der Waals surface area contributed by atoms with Gasteiger partial charge in [-0.15, -0.1) is 5.10 Å². The molecule has 1 saturated carbocycles. The predicted molar refractivity (Wildman–Crippen MR) is 53.0 cm³/mol. The molecule has 96 valence electrons. The molecule has 0 bridgehead atoms. The Morgan fingerprint density at radius 1 is 1.35 bits per heavy atom. The molecule has 0 saturated heterocycles. The van der Waals surface area contributed by atoms with Crippen LogP contribution in [0, 0.1) is 0 Å². The number of aromatic nitrogens is 4. The second-order valence-corrected chi connectivity index (χ2v) is 4.19. The molecule has 1 aromatic heterocycles. The standard InChI is InChI=1S/C9H14F3N5/c10-9(11,12)4-1-5-17-8(14-15-16-17)6-13-7-2-3-7/h7,13H,1-6H2. The third-order valence-corrected chi connectivity index (χ3v) is 2.56. The van der Waals surface area contributed by atoms with Gasteiger partial charge in [-0.25, -0.2) is 4.68 Å². The van der Waals surface area contributed by atoms with Gasteiger partial charge in [-0.05, 0) is 29.7 Å². The van der Waals surface area contributed by atoms with Gasteiger partial charge in [0.15, 0.2) is 5.82 Å². The van der Waals surface area contributed by atoms with Crippen LogP contribution in [0.25, 0.3) is 0 Å². The van der Waals surface area contributed by atoms with Crippen LogP contribution in [0.1, 0.15) is 31.5 Å². The fourth-order valence-corrected chi connectivity index (χ4v) is 1.48. The molecule has 0 unspecified atom stereocenters. The normalized spacial score (nSPS) is 16.4. The first kappa shape index (κ1) is 12.3. The lowest BCUT2D eigenvalue weighted by molar-refractivity contribution is -0.136. The van der Waals surface area contributed by atoms with Crippen molar-refractivity contribution in [2.45, 2.75) is 51.0 Å². The zero-order valence-electron chi connectivity index (χ0n) is 9.24. The number of hydrogen-bond acceptors (Lipinski definition) is 4. The summed E-state index contributed by atoms with van der Waals surface area (Å²) < 4.78 is 37.4. The fraction of sp³-hybridized carbons (Fsp3) is 0.889. The number of alkyl halides is 3. The average Bonchev–Trinajstić information content (AvgIpc) is 2.95. The Bertz CT molecular complexity index is 358. The molecule has 1 N–H and O–H groups in total. The summed E-state index contributed by atoms with van der Waals surface area (Å²) in [7, 11) is 0. The van der Waals surface area contributed by atoms with E-state index in [0.29, 0.717) is 18.4 Å². The summed E-state index contributed by atoms with van der Waals surface area (Å²) in [5.74, 6) is 0.596. The maximum atomic E-state index is 12.0. The number of rotatable bonds is 6. The van der Waals surface area contributed by atoms with Crippen molar-refractivity contribution in [2.75, 3.05) is 0 Å². The van der Waals surface area contributed by atoms with Crippen molar-refractivity contribution in [1.29, 1.82) is 0 Å². The number of halogens is 3. The van der Waals surface area contributed by atoms with Crippen LogP contribution in [0.2, 0.25) is 0 Å². The molecule has 0 radical (unpaired) electrons. The highest BCUT2D eigenvalue weighted by atomic mass is 19.4. The van der Waals surface area contributed by atoms with E-state index in [9.17, 15) is 13.2 Å². The molecule has 0 atom stereocenters. The molecule has 17 heavy (non-hydrogen) atoms. The van der Waals surface area contributed by atoms with Gasteiger partial charge in [0.2, 0.25) is 0 Å². The molecule has 0 amide bonds. The van der Waals surface area contributed by atoms with Crippen LogP contribution in [0.3, 0.4) is 0 Å². The van der Waals surface area contributed by atoms with E-state index in [1.165, 1.54) is 4.68 Å². The zero-order chi connectivity index (χ0) is 12.3. The first-order chi connectivity index (χ1) is 8.04. The van der Waals surface area contributed by atoms with Gasteiger partial charge in [0, 0.05) is 19.0 Å². The van der Waals surface area contributed by atoms with E-state index in [1.807, 2.05) is 0 Å².